The number of benzene rings is 1. The van der Waals surface area contributed by atoms with E-state index in [1.807, 2.05) is 37.3 Å². The highest BCUT2D eigenvalue weighted by Gasteiger charge is 2.35. The highest BCUT2D eigenvalue weighted by molar-refractivity contribution is 7.80. The van der Waals surface area contributed by atoms with Crippen LogP contribution >= 0.6 is 12.2 Å². The first-order chi connectivity index (χ1) is 11.9. The van der Waals surface area contributed by atoms with Gasteiger partial charge < -0.3 is 4.57 Å². The van der Waals surface area contributed by atoms with Gasteiger partial charge in [0.1, 0.15) is 5.57 Å². The maximum Gasteiger partial charge on any atom is 0.265 e. The Hall–Kier alpha value is -2.73. The van der Waals surface area contributed by atoms with Crippen LogP contribution in [-0.2, 0) is 16.1 Å². The molecule has 0 radical (unpaired) electrons. The molecule has 1 saturated heterocycles. The average Bonchev–Trinajstić information content (AvgIpc) is 2.88. The molecule has 1 fully saturated rings. The van der Waals surface area contributed by atoms with E-state index in [-0.39, 0.29) is 22.5 Å². The predicted octanol–water partition coefficient (Wildman–Crippen LogP) is 2.73. The van der Waals surface area contributed by atoms with Crippen LogP contribution in [0.4, 0.5) is 0 Å². The van der Waals surface area contributed by atoms with Gasteiger partial charge in [-0.2, -0.15) is 0 Å². The summed E-state index contributed by atoms with van der Waals surface area (Å²) < 4.78 is 2.12. The minimum Gasteiger partial charge on any atom is -0.340 e. The Morgan fingerprint density at radius 3 is 2.32 bits per heavy atom. The summed E-state index contributed by atoms with van der Waals surface area (Å²) in [6.45, 7) is 6.44. The number of carbonyl (C=O) groups excluding carboxylic acids is 2. The minimum absolute atomic E-state index is 0.114. The molecular weight excluding hydrogens is 334 g/mol. The number of fused-ring (bicyclic) bond motifs is 1. The number of rotatable bonds is 3. The van der Waals surface area contributed by atoms with Crippen molar-refractivity contribution < 1.29 is 9.59 Å². The van der Waals surface area contributed by atoms with Crippen LogP contribution in [0.3, 0.4) is 0 Å². The molecule has 2 amide bonds. The second kappa shape index (κ2) is 6.29. The van der Waals surface area contributed by atoms with Crippen molar-refractivity contribution in [2.24, 2.45) is 0 Å². The van der Waals surface area contributed by atoms with Crippen LogP contribution in [0.2, 0.25) is 0 Å². The zero-order valence-corrected chi connectivity index (χ0v) is 15.3. The summed E-state index contributed by atoms with van der Waals surface area (Å²) in [4.78, 5) is 27.8. The van der Waals surface area contributed by atoms with Crippen molar-refractivity contribution >= 4 is 46.1 Å². The molecule has 6 heteroatoms. The van der Waals surface area contributed by atoms with Crippen LogP contribution in [0, 0.1) is 6.92 Å². The van der Waals surface area contributed by atoms with Gasteiger partial charge in [0.25, 0.3) is 11.8 Å². The normalized spacial score (nSPS) is 15.3. The van der Waals surface area contributed by atoms with E-state index in [4.69, 9.17) is 12.2 Å². The van der Waals surface area contributed by atoms with Crippen LogP contribution in [0.5, 0.6) is 0 Å². The number of likely N-dealkylation sites (N-methyl/N-ethyl adjacent to an activating group) is 2. The zero-order chi connectivity index (χ0) is 18.3. The van der Waals surface area contributed by atoms with Gasteiger partial charge in [-0.15, -0.1) is 6.58 Å². The molecular formula is C19H19N3O2S. The molecule has 0 saturated carbocycles. The molecule has 0 bridgehead atoms. The first kappa shape index (κ1) is 17.1. The highest BCUT2D eigenvalue weighted by Crippen LogP contribution is 2.29. The number of hydrogen-bond acceptors (Lipinski definition) is 3. The smallest absolute Gasteiger partial charge is 0.265 e. The molecule has 0 spiro atoms. The van der Waals surface area contributed by atoms with Crippen LogP contribution in [0.25, 0.3) is 17.0 Å². The second-order valence-electron chi connectivity index (χ2n) is 5.98. The minimum atomic E-state index is -0.381. The Morgan fingerprint density at radius 1 is 1.12 bits per heavy atom. The quantitative estimate of drug-likeness (QED) is 0.369. The van der Waals surface area contributed by atoms with E-state index in [0.29, 0.717) is 6.54 Å². The average molecular weight is 353 g/mol. The van der Waals surface area contributed by atoms with Crippen LogP contribution in [-0.4, -0.2) is 45.4 Å². The Balaban J connectivity index is 2.23. The predicted molar refractivity (Wildman–Crippen MR) is 103 cm³/mol. The SMILES string of the molecule is C=CCn1c(C)c(C=C2C(=O)N(C)C(=S)N(C)C2=O)c2ccccc21. The van der Waals surface area contributed by atoms with Gasteiger partial charge >= 0.3 is 0 Å². The Morgan fingerprint density at radius 2 is 1.72 bits per heavy atom. The fraction of sp³-hybridized carbons (Fsp3) is 0.211. The molecule has 2 aromatic rings. The third-order valence-corrected chi connectivity index (χ3v) is 5.07. The molecule has 25 heavy (non-hydrogen) atoms. The first-order valence-electron chi connectivity index (χ1n) is 7.89. The van der Waals surface area contributed by atoms with E-state index in [1.54, 1.807) is 20.2 Å². The number of hydrogen-bond donors (Lipinski definition) is 0. The number of thiocarbonyl (C=S) groups is 1. The number of para-hydroxylation sites is 1. The summed E-state index contributed by atoms with van der Waals surface area (Å²) in [6.07, 6.45) is 3.50. The lowest BCUT2D eigenvalue weighted by Crippen LogP contribution is -2.52. The van der Waals surface area contributed by atoms with Gasteiger partial charge in [0.2, 0.25) is 0 Å². The summed E-state index contributed by atoms with van der Waals surface area (Å²) in [5.41, 5.74) is 3.00. The number of carbonyl (C=O) groups is 2. The summed E-state index contributed by atoms with van der Waals surface area (Å²) in [5.74, 6) is -0.763. The molecule has 0 atom stereocenters. The maximum absolute atomic E-state index is 12.6. The lowest BCUT2D eigenvalue weighted by Gasteiger charge is -2.31. The van der Waals surface area contributed by atoms with Crippen molar-refractivity contribution in [2.45, 2.75) is 13.5 Å². The van der Waals surface area contributed by atoms with E-state index >= 15 is 0 Å². The van der Waals surface area contributed by atoms with Crippen molar-refractivity contribution in [2.75, 3.05) is 14.1 Å². The molecule has 128 valence electrons. The molecule has 1 aromatic heterocycles. The topological polar surface area (TPSA) is 45.6 Å². The van der Waals surface area contributed by atoms with Gasteiger partial charge in [0.05, 0.1) is 0 Å². The van der Waals surface area contributed by atoms with Gasteiger partial charge in [-0.3, -0.25) is 19.4 Å². The molecule has 5 nitrogen and oxygen atoms in total. The van der Waals surface area contributed by atoms with Crippen molar-refractivity contribution in [1.29, 1.82) is 0 Å². The molecule has 1 aromatic carbocycles. The van der Waals surface area contributed by atoms with Crippen LogP contribution in [0.1, 0.15) is 11.3 Å². The van der Waals surface area contributed by atoms with E-state index in [2.05, 4.69) is 11.1 Å². The van der Waals surface area contributed by atoms with Gasteiger partial charge in [-0.25, -0.2) is 0 Å². The fourth-order valence-electron chi connectivity index (χ4n) is 3.12. The van der Waals surface area contributed by atoms with Crippen LogP contribution < -0.4 is 0 Å². The first-order valence-corrected chi connectivity index (χ1v) is 8.29. The fourth-order valence-corrected chi connectivity index (χ4v) is 3.29. The van der Waals surface area contributed by atoms with Gasteiger partial charge in [-0.1, -0.05) is 24.3 Å². The highest BCUT2D eigenvalue weighted by atomic mass is 32.1. The maximum atomic E-state index is 12.6. The molecule has 0 aliphatic carbocycles. The molecule has 2 heterocycles. The summed E-state index contributed by atoms with van der Waals surface area (Å²) in [5, 5.41) is 1.20. The summed E-state index contributed by atoms with van der Waals surface area (Å²) >= 11 is 5.13. The van der Waals surface area contributed by atoms with Crippen molar-refractivity contribution in [3.63, 3.8) is 0 Å². The summed E-state index contributed by atoms with van der Waals surface area (Å²) in [6, 6.07) is 7.92. The summed E-state index contributed by atoms with van der Waals surface area (Å²) in [7, 11) is 3.16. The van der Waals surface area contributed by atoms with E-state index in [0.717, 1.165) is 22.2 Å². The Kier molecular flexibility index (Phi) is 4.30. The third-order valence-electron chi connectivity index (χ3n) is 4.52. The standard InChI is InChI=1S/C19H19N3O2S/c1-5-10-22-12(2)14(13-8-6-7-9-16(13)22)11-15-17(23)20(3)19(25)21(4)18(15)24/h5-9,11H,1,10H2,2-4H3. The molecule has 1 aliphatic heterocycles. The van der Waals surface area contributed by atoms with E-state index in [9.17, 15) is 9.59 Å². The van der Waals surface area contributed by atoms with E-state index < -0.39 is 0 Å². The Labute approximate surface area is 151 Å². The van der Waals surface area contributed by atoms with Crippen molar-refractivity contribution in [1.82, 2.24) is 14.4 Å². The molecule has 3 rings (SSSR count). The van der Waals surface area contributed by atoms with Crippen molar-refractivity contribution in [3.8, 4) is 0 Å². The van der Waals surface area contributed by atoms with Gasteiger partial charge in [-0.05, 0) is 31.3 Å². The number of amides is 2. The van der Waals surface area contributed by atoms with Crippen molar-refractivity contribution in [3.05, 3.63) is 53.8 Å². The lowest BCUT2D eigenvalue weighted by atomic mass is 10.0. The third kappa shape index (κ3) is 2.59. The second-order valence-corrected chi connectivity index (χ2v) is 6.35. The Bertz CT molecular complexity index is 929. The van der Waals surface area contributed by atoms with Gasteiger partial charge in [0.15, 0.2) is 5.11 Å². The number of aromatic nitrogens is 1. The molecule has 0 N–H and O–H groups in total. The lowest BCUT2D eigenvalue weighted by molar-refractivity contribution is -0.132. The monoisotopic (exact) mass is 353 g/mol. The molecule has 1 aliphatic rings. The zero-order valence-electron chi connectivity index (χ0n) is 14.4. The number of allylic oxidation sites excluding steroid dienone is 1. The van der Waals surface area contributed by atoms with Gasteiger partial charge in [0, 0.05) is 42.8 Å². The number of nitrogens with zero attached hydrogens (tertiary/aromatic N) is 3. The molecule has 0 unspecified atom stereocenters. The largest absolute Gasteiger partial charge is 0.340 e. The van der Waals surface area contributed by atoms with E-state index in [1.165, 1.54) is 9.80 Å². The van der Waals surface area contributed by atoms with Crippen LogP contribution in [0.15, 0.2) is 42.5 Å².